The van der Waals surface area contributed by atoms with Gasteiger partial charge in [0.15, 0.2) is 0 Å². The highest BCUT2D eigenvalue weighted by atomic mass is 35.5. The Morgan fingerprint density at radius 1 is 1.38 bits per heavy atom. The number of aromatic amines is 1. The quantitative estimate of drug-likeness (QED) is 0.865. The molecule has 24 heavy (non-hydrogen) atoms. The molecular formula is C17H18ClN3O3. The van der Waals surface area contributed by atoms with E-state index in [9.17, 15) is 9.59 Å². The molecule has 1 aliphatic rings. The zero-order valence-electron chi connectivity index (χ0n) is 13.0. The van der Waals surface area contributed by atoms with Crippen molar-refractivity contribution in [3.63, 3.8) is 0 Å². The van der Waals surface area contributed by atoms with Crippen LogP contribution in [0.3, 0.4) is 0 Å². The van der Waals surface area contributed by atoms with Crippen LogP contribution >= 0.6 is 11.6 Å². The van der Waals surface area contributed by atoms with E-state index >= 15 is 0 Å². The summed E-state index contributed by atoms with van der Waals surface area (Å²) in [5.74, 6) is 0.234. The highest BCUT2D eigenvalue weighted by Crippen LogP contribution is 2.16. The molecule has 0 saturated carbocycles. The summed E-state index contributed by atoms with van der Waals surface area (Å²) >= 11 is 5.84. The number of carbonyl (C=O) groups excluding carboxylic acids is 1. The number of amides is 1. The minimum Gasteiger partial charge on any atom is -0.376 e. The minimum absolute atomic E-state index is 0.00402. The van der Waals surface area contributed by atoms with E-state index in [2.05, 4.69) is 15.3 Å². The van der Waals surface area contributed by atoms with Gasteiger partial charge in [-0.05, 0) is 37.1 Å². The molecule has 1 aromatic carbocycles. The van der Waals surface area contributed by atoms with Gasteiger partial charge in [-0.25, -0.2) is 4.98 Å². The molecule has 0 aliphatic carbocycles. The lowest BCUT2D eigenvalue weighted by atomic mass is 10.2. The van der Waals surface area contributed by atoms with Crippen LogP contribution in [0, 0.1) is 0 Å². The number of benzene rings is 1. The molecule has 1 fully saturated rings. The summed E-state index contributed by atoms with van der Waals surface area (Å²) in [6, 6.07) is 7.00. The molecule has 6 nitrogen and oxygen atoms in total. The maximum Gasteiger partial charge on any atom is 0.254 e. The van der Waals surface area contributed by atoms with Crippen molar-refractivity contribution in [3.05, 3.63) is 51.4 Å². The molecule has 2 heterocycles. The molecule has 2 aromatic rings. The second kappa shape index (κ2) is 7.59. The number of H-pyrrole nitrogens is 1. The third-order valence-corrected chi connectivity index (χ3v) is 4.14. The average Bonchev–Trinajstić information content (AvgIpc) is 3.09. The van der Waals surface area contributed by atoms with Crippen molar-refractivity contribution in [2.75, 3.05) is 13.2 Å². The van der Waals surface area contributed by atoms with Crippen molar-refractivity contribution in [1.82, 2.24) is 15.3 Å². The van der Waals surface area contributed by atoms with Crippen molar-refractivity contribution in [3.8, 4) is 11.4 Å². The largest absolute Gasteiger partial charge is 0.376 e. The van der Waals surface area contributed by atoms with E-state index in [-0.39, 0.29) is 24.0 Å². The first-order valence-electron chi connectivity index (χ1n) is 7.84. The lowest BCUT2D eigenvalue weighted by Crippen LogP contribution is -2.34. The fourth-order valence-electron chi connectivity index (χ4n) is 2.57. The molecule has 1 aliphatic heterocycles. The zero-order chi connectivity index (χ0) is 16.9. The molecule has 126 valence electrons. The smallest absolute Gasteiger partial charge is 0.254 e. The molecule has 0 radical (unpaired) electrons. The summed E-state index contributed by atoms with van der Waals surface area (Å²) in [5.41, 5.74) is 0.769. The zero-order valence-corrected chi connectivity index (χ0v) is 13.8. The Morgan fingerprint density at radius 3 is 2.83 bits per heavy atom. The molecule has 1 amide bonds. The molecule has 7 heteroatoms. The van der Waals surface area contributed by atoms with Gasteiger partial charge >= 0.3 is 0 Å². The monoisotopic (exact) mass is 347 g/mol. The third-order valence-electron chi connectivity index (χ3n) is 3.89. The van der Waals surface area contributed by atoms with Gasteiger partial charge in [-0.1, -0.05) is 11.6 Å². The van der Waals surface area contributed by atoms with Gasteiger partial charge < -0.3 is 15.0 Å². The van der Waals surface area contributed by atoms with Crippen molar-refractivity contribution in [2.45, 2.75) is 25.4 Å². The third kappa shape index (κ3) is 4.21. The first-order valence-corrected chi connectivity index (χ1v) is 8.22. The fourth-order valence-corrected chi connectivity index (χ4v) is 2.70. The summed E-state index contributed by atoms with van der Waals surface area (Å²) in [7, 11) is 0. The number of nitrogens with one attached hydrogen (secondary N) is 2. The van der Waals surface area contributed by atoms with Crippen LogP contribution in [-0.4, -0.2) is 35.1 Å². The van der Waals surface area contributed by atoms with E-state index in [1.807, 2.05) is 0 Å². The van der Waals surface area contributed by atoms with Crippen LogP contribution in [0.1, 0.15) is 18.4 Å². The number of halogens is 1. The lowest BCUT2D eigenvalue weighted by molar-refractivity contribution is -0.120. The molecule has 1 atom stereocenters. The van der Waals surface area contributed by atoms with Crippen molar-refractivity contribution in [1.29, 1.82) is 0 Å². The molecule has 0 bridgehead atoms. The first kappa shape index (κ1) is 16.7. The fraction of sp³-hybridized carbons (Fsp3) is 0.353. The van der Waals surface area contributed by atoms with Crippen molar-refractivity contribution >= 4 is 17.5 Å². The molecule has 0 unspecified atom stereocenters. The molecule has 1 aromatic heterocycles. The maximum absolute atomic E-state index is 12.1. The van der Waals surface area contributed by atoms with Gasteiger partial charge in [0, 0.05) is 35.5 Å². The van der Waals surface area contributed by atoms with Gasteiger partial charge in [-0.2, -0.15) is 0 Å². The van der Waals surface area contributed by atoms with Gasteiger partial charge in [-0.15, -0.1) is 0 Å². The average molecular weight is 348 g/mol. The molecule has 1 saturated heterocycles. The van der Waals surface area contributed by atoms with E-state index in [0.29, 0.717) is 23.0 Å². The molecular weight excluding hydrogens is 330 g/mol. The predicted octanol–water partition coefficient (Wildman–Crippen LogP) is 1.93. The number of rotatable bonds is 5. The summed E-state index contributed by atoms with van der Waals surface area (Å²) in [4.78, 5) is 31.0. The number of ether oxygens (including phenoxy) is 1. The van der Waals surface area contributed by atoms with Crippen LogP contribution in [-0.2, 0) is 16.0 Å². The van der Waals surface area contributed by atoms with Crippen molar-refractivity contribution < 1.29 is 9.53 Å². The van der Waals surface area contributed by atoms with Gasteiger partial charge in [0.1, 0.15) is 5.82 Å². The van der Waals surface area contributed by atoms with E-state index < -0.39 is 0 Å². The standard InChI is InChI=1S/C17H18ClN3O3/c18-13-5-3-11(4-6-13)16-20-9-12(17(23)21-16)8-15(22)19-10-14-2-1-7-24-14/h3-6,9,14H,1-2,7-8,10H2,(H,19,22)(H,20,21,23)/t14-/m0/s1. The minimum atomic E-state index is -0.317. The van der Waals surface area contributed by atoms with Gasteiger partial charge in [0.05, 0.1) is 12.5 Å². The van der Waals surface area contributed by atoms with Crippen LogP contribution < -0.4 is 10.9 Å². The Balaban J connectivity index is 1.63. The second-order valence-electron chi connectivity index (χ2n) is 5.71. The molecule has 2 N–H and O–H groups in total. The van der Waals surface area contributed by atoms with Gasteiger partial charge in [0.25, 0.3) is 5.56 Å². The number of aromatic nitrogens is 2. The van der Waals surface area contributed by atoms with Crippen LogP contribution in [0.25, 0.3) is 11.4 Å². The highest BCUT2D eigenvalue weighted by molar-refractivity contribution is 6.30. The predicted molar refractivity (Wildman–Crippen MR) is 91.0 cm³/mol. The number of hydrogen-bond donors (Lipinski definition) is 2. The van der Waals surface area contributed by atoms with E-state index in [1.54, 1.807) is 24.3 Å². The Hall–Kier alpha value is -2.18. The lowest BCUT2D eigenvalue weighted by Gasteiger charge is -2.10. The summed E-state index contributed by atoms with van der Waals surface area (Å²) in [5, 5.41) is 3.41. The van der Waals surface area contributed by atoms with Crippen LogP contribution in [0.4, 0.5) is 0 Å². The van der Waals surface area contributed by atoms with Crippen LogP contribution in [0.5, 0.6) is 0 Å². The summed E-state index contributed by atoms with van der Waals surface area (Å²) in [6.07, 6.45) is 3.50. The number of hydrogen-bond acceptors (Lipinski definition) is 4. The topological polar surface area (TPSA) is 84.1 Å². The first-order chi connectivity index (χ1) is 11.6. The Labute approximate surface area is 144 Å². The van der Waals surface area contributed by atoms with Crippen molar-refractivity contribution in [2.24, 2.45) is 0 Å². The SMILES string of the molecule is O=C(Cc1cnc(-c2ccc(Cl)cc2)[nH]c1=O)NC[C@@H]1CCCO1. The van der Waals surface area contributed by atoms with Crippen LogP contribution in [0.15, 0.2) is 35.3 Å². The van der Waals surface area contributed by atoms with E-state index in [4.69, 9.17) is 16.3 Å². The summed E-state index contributed by atoms with van der Waals surface area (Å²) in [6.45, 7) is 1.23. The Morgan fingerprint density at radius 2 is 2.17 bits per heavy atom. The van der Waals surface area contributed by atoms with E-state index in [0.717, 1.165) is 25.0 Å². The molecule has 3 rings (SSSR count). The van der Waals surface area contributed by atoms with Crippen LogP contribution in [0.2, 0.25) is 5.02 Å². The van der Waals surface area contributed by atoms with Gasteiger partial charge in [-0.3, -0.25) is 9.59 Å². The Bertz CT molecular complexity index is 767. The highest BCUT2D eigenvalue weighted by Gasteiger charge is 2.17. The van der Waals surface area contributed by atoms with Gasteiger partial charge in [0.2, 0.25) is 5.91 Å². The number of carbonyl (C=O) groups is 1. The number of nitrogens with zero attached hydrogens (tertiary/aromatic N) is 1. The summed E-state index contributed by atoms with van der Waals surface area (Å²) < 4.78 is 5.45. The van der Waals surface area contributed by atoms with E-state index in [1.165, 1.54) is 6.20 Å². The Kier molecular flexibility index (Phi) is 5.27. The normalized spacial score (nSPS) is 17.0. The molecule has 0 spiro atoms. The second-order valence-corrected chi connectivity index (χ2v) is 6.15. The maximum atomic E-state index is 12.1.